The van der Waals surface area contributed by atoms with Crippen LogP contribution in [-0.4, -0.2) is 43.9 Å². The first-order valence-electron chi connectivity index (χ1n) is 7.28. The van der Waals surface area contributed by atoms with Gasteiger partial charge < -0.3 is 4.90 Å². The second kappa shape index (κ2) is 6.36. The number of aromatic nitrogens is 1. The summed E-state index contributed by atoms with van der Waals surface area (Å²) in [5.41, 5.74) is 0.180. The molecule has 6 nitrogen and oxygen atoms in total. The molecular formula is C16H16N4O2S. The molecule has 3 rings (SSSR count). The predicted molar refractivity (Wildman–Crippen MR) is 86.4 cm³/mol. The summed E-state index contributed by atoms with van der Waals surface area (Å²) in [6, 6.07) is 13.9. The van der Waals surface area contributed by atoms with E-state index in [0.717, 1.165) is 5.82 Å². The van der Waals surface area contributed by atoms with Crippen molar-refractivity contribution in [1.29, 1.82) is 5.26 Å². The quantitative estimate of drug-likeness (QED) is 0.852. The number of hydrogen-bond acceptors (Lipinski definition) is 5. The molecule has 118 valence electrons. The van der Waals surface area contributed by atoms with E-state index in [1.165, 1.54) is 16.4 Å². The van der Waals surface area contributed by atoms with E-state index in [0.29, 0.717) is 26.2 Å². The molecule has 1 saturated heterocycles. The van der Waals surface area contributed by atoms with E-state index < -0.39 is 10.0 Å². The fourth-order valence-electron chi connectivity index (χ4n) is 2.62. The number of hydrogen-bond donors (Lipinski definition) is 0. The first-order chi connectivity index (χ1) is 11.1. The number of benzene rings is 1. The summed E-state index contributed by atoms with van der Waals surface area (Å²) in [5.74, 6) is 0.849. The Morgan fingerprint density at radius 1 is 1.00 bits per heavy atom. The first-order valence-corrected chi connectivity index (χ1v) is 8.72. The van der Waals surface area contributed by atoms with Crippen LogP contribution in [0.4, 0.5) is 5.82 Å². The minimum absolute atomic E-state index is 0.0776. The standard InChI is InChI=1S/C16H16N4O2S/c17-13-14-5-1-2-6-15(14)23(21,22)20-11-9-19(10-12-20)16-7-3-4-8-18-16/h1-8H,9-12H2. The third-order valence-electron chi connectivity index (χ3n) is 3.84. The second-order valence-electron chi connectivity index (χ2n) is 5.19. The van der Waals surface area contributed by atoms with Crippen LogP contribution in [0.25, 0.3) is 0 Å². The van der Waals surface area contributed by atoms with Crippen LogP contribution in [0.2, 0.25) is 0 Å². The Balaban J connectivity index is 1.78. The average Bonchev–Trinajstić information content (AvgIpc) is 2.62. The molecule has 1 aliphatic rings. The maximum Gasteiger partial charge on any atom is 0.244 e. The van der Waals surface area contributed by atoms with Crippen LogP contribution < -0.4 is 4.90 Å². The van der Waals surface area contributed by atoms with Crippen molar-refractivity contribution in [2.24, 2.45) is 0 Å². The maximum atomic E-state index is 12.8. The number of pyridine rings is 1. The van der Waals surface area contributed by atoms with Gasteiger partial charge in [0.1, 0.15) is 11.9 Å². The maximum absolute atomic E-state index is 12.8. The van der Waals surface area contributed by atoms with Crippen molar-refractivity contribution >= 4 is 15.8 Å². The van der Waals surface area contributed by atoms with Crippen LogP contribution in [0, 0.1) is 11.3 Å². The van der Waals surface area contributed by atoms with Gasteiger partial charge in [0.15, 0.2) is 0 Å². The van der Waals surface area contributed by atoms with Gasteiger partial charge in [0.2, 0.25) is 10.0 Å². The fourth-order valence-corrected chi connectivity index (χ4v) is 4.19. The number of piperazine rings is 1. The predicted octanol–water partition coefficient (Wildman–Crippen LogP) is 1.46. The van der Waals surface area contributed by atoms with Crippen LogP contribution in [0.3, 0.4) is 0 Å². The minimum Gasteiger partial charge on any atom is -0.354 e. The molecule has 23 heavy (non-hydrogen) atoms. The van der Waals surface area contributed by atoms with Gasteiger partial charge in [0.05, 0.1) is 10.5 Å². The number of rotatable bonds is 3. The van der Waals surface area contributed by atoms with Gasteiger partial charge in [-0.15, -0.1) is 0 Å². The van der Waals surface area contributed by atoms with Crippen LogP contribution in [0.5, 0.6) is 0 Å². The van der Waals surface area contributed by atoms with Gasteiger partial charge in [-0.3, -0.25) is 0 Å². The van der Waals surface area contributed by atoms with Gasteiger partial charge in [-0.2, -0.15) is 9.57 Å². The summed E-state index contributed by atoms with van der Waals surface area (Å²) < 4.78 is 26.9. The molecule has 0 bridgehead atoms. The number of sulfonamides is 1. The zero-order valence-corrected chi connectivity index (χ0v) is 13.3. The summed E-state index contributed by atoms with van der Waals surface area (Å²) in [6.07, 6.45) is 1.72. The van der Waals surface area contributed by atoms with Crippen molar-refractivity contribution in [3.63, 3.8) is 0 Å². The molecule has 0 amide bonds. The van der Waals surface area contributed by atoms with Crippen molar-refractivity contribution in [3.8, 4) is 6.07 Å². The van der Waals surface area contributed by atoms with Gasteiger partial charge in [-0.05, 0) is 24.3 Å². The van der Waals surface area contributed by atoms with Crippen molar-refractivity contribution < 1.29 is 8.42 Å². The highest BCUT2D eigenvalue weighted by atomic mass is 32.2. The molecule has 0 atom stereocenters. The molecule has 1 aromatic heterocycles. The number of nitrogens with zero attached hydrogens (tertiary/aromatic N) is 4. The molecular weight excluding hydrogens is 312 g/mol. The molecule has 1 aromatic carbocycles. The van der Waals surface area contributed by atoms with Gasteiger partial charge in [0, 0.05) is 32.4 Å². The summed E-state index contributed by atoms with van der Waals surface area (Å²) in [4.78, 5) is 6.43. The van der Waals surface area contributed by atoms with Crippen LogP contribution in [0.1, 0.15) is 5.56 Å². The molecule has 1 aliphatic heterocycles. The van der Waals surface area contributed by atoms with E-state index in [1.807, 2.05) is 24.3 Å². The molecule has 2 heterocycles. The van der Waals surface area contributed by atoms with E-state index in [4.69, 9.17) is 5.26 Å². The zero-order chi connectivity index (χ0) is 16.3. The van der Waals surface area contributed by atoms with E-state index in [2.05, 4.69) is 9.88 Å². The van der Waals surface area contributed by atoms with Crippen molar-refractivity contribution in [1.82, 2.24) is 9.29 Å². The van der Waals surface area contributed by atoms with Crippen LogP contribution in [-0.2, 0) is 10.0 Å². The summed E-state index contributed by atoms with van der Waals surface area (Å²) in [5, 5.41) is 9.12. The van der Waals surface area contributed by atoms with E-state index >= 15 is 0 Å². The Labute approximate surface area is 135 Å². The molecule has 0 spiro atoms. The van der Waals surface area contributed by atoms with E-state index in [9.17, 15) is 8.42 Å². The first kappa shape index (κ1) is 15.5. The Bertz CT molecular complexity index is 823. The molecule has 0 radical (unpaired) electrons. The average molecular weight is 328 g/mol. The Hall–Kier alpha value is -2.43. The lowest BCUT2D eigenvalue weighted by Crippen LogP contribution is -2.49. The highest BCUT2D eigenvalue weighted by Crippen LogP contribution is 2.22. The van der Waals surface area contributed by atoms with Gasteiger partial charge in [0.25, 0.3) is 0 Å². The second-order valence-corrected chi connectivity index (χ2v) is 7.09. The van der Waals surface area contributed by atoms with Gasteiger partial charge >= 0.3 is 0 Å². The van der Waals surface area contributed by atoms with Crippen molar-refractivity contribution in [3.05, 3.63) is 54.2 Å². The third kappa shape index (κ3) is 3.04. The molecule has 0 aliphatic carbocycles. The lowest BCUT2D eigenvalue weighted by atomic mass is 10.2. The highest BCUT2D eigenvalue weighted by Gasteiger charge is 2.30. The largest absolute Gasteiger partial charge is 0.354 e. The fraction of sp³-hybridized carbons (Fsp3) is 0.250. The summed E-state index contributed by atoms with van der Waals surface area (Å²) >= 11 is 0. The van der Waals surface area contributed by atoms with Crippen molar-refractivity contribution in [2.45, 2.75) is 4.90 Å². The molecule has 0 unspecified atom stereocenters. The smallest absolute Gasteiger partial charge is 0.244 e. The zero-order valence-electron chi connectivity index (χ0n) is 12.5. The molecule has 7 heteroatoms. The topological polar surface area (TPSA) is 77.3 Å². The lowest BCUT2D eigenvalue weighted by Gasteiger charge is -2.34. The normalized spacial score (nSPS) is 16.0. The monoisotopic (exact) mass is 328 g/mol. The summed E-state index contributed by atoms with van der Waals surface area (Å²) in [7, 11) is -3.65. The van der Waals surface area contributed by atoms with E-state index in [1.54, 1.807) is 18.3 Å². The molecule has 1 fully saturated rings. The Kier molecular flexibility index (Phi) is 4.28. The lowest BCUT2D eigenvalue weighted by molar-refractivity contribution is 0.383. The minimum atomic E-state index is -3.65. The number of anilines is 1. The Morgan fingerprint density at radius 3 is 2.35 bits per heavy atom. The summed E-state index contributed by atoms with van der Waals surface area (Å²) in [6.45, 7) is 1.90. The molecule has 0 N–H and O–H groups in total. The third-order valence-corrected chi connectivity index (χ3v) is 5.79. The van der Waals surface area contributed by atoms with Gasteiger partial charge in [-0.25, -0.2) is 13.4 Å². The highest BCUT2D eigenvalue weighted by molar-refractivity contribution is 7.89. The number of nitriles is 1. The van der Waals surface area contributed by atoms with Crippen LogP contribution in [0.15, 0.2) is 53.6 Å². The molecule has 0 saturated carbocycles. The van der Waals surface area contributed by atoms with E-state index in [-0.39, 0.29) is 10.5 Å². The molecule has 2 aromatic rings. The Morgan fingerprint density at radius 2 is 1.70 bits per heavy atom. The van der Waals surface area contributed by atoms with Gasteiger partial charge in [-0.1, -0.05) is 18.2 Å². The van der Waals surface area contributed by atoms with Crippen LogP contribution >= 0.6 is 0 Å². The SMILES string of the molecule is N#Cc1ccccc1S(=O)(=O)N1CCN(c2ccccn2)CC1. The van der Waals surface area contributed by atoms with Crippen molar-refractivity contribution in [2.75, 3.05) is 31.1 Å².